The molecule has 0 aliphatic heterocycles. The Morgan fingerprint density at radius 3 is 1.91 bits per heavy atom. The van der Waals surface area contributed by atoms with Gasteiger partial charge in [0.05, 0.1) is 5.56 Å². The number of alkyl halides is 6. The maximum atomic E-state index is 14.9. The predicted molar refractivity (Wildman–Crippen MR) is 115 cm³/mol. The van der Waals surface area contributed by atoms with Crippen molar-refractivity contribution in [3.8, 4) is 11.1 Å². The van der Waals surface area contributed by atoms with Gasteiger partial charge in [-0.2, -0.15) is 22.0 Å². The SMILES string of the molecule is CCCCCC1CCC(c2cc(F)c(-c3ccc(C(F)(F)C(F)C(F)(F)F)cc3)c(F)c2)CC1. The number of unbranched alkanes of at least 4 members (excludes halogenated alkanes) is 2. The average Bonchev–Trinajstić information content (AvgIpc) is 2.78. The Kier molecular flexibility index (Phi) is 8.30. The Morgan fingerprint density at radius 1 is 0.853 bits per heavy atom. The third kappa shape index (κ3) is 5.92. The Hall–Kier alpha value is -2.12. The third-order valence-corrected chi connectivity index (χ3v) is 6.76. The Labute approximate surface area is 194 Å². The molecule has 1 aliphatic rings. The van der Waals surface area contributed by atoms with Gasteiger partial charge < -0.3 is 0 Å². The van der Waals surface area contributed by atoms with Gasteiger partial charge in [0.1, 0.15) is 11.6 Å². The van der Waals surface area contributed by atoms with E-state index in [0.717, 1.165) is 44.2 Å². The van der Waals surface area contributed by atoms with Crippen LogP contribution in [0.4, 0.5) is 35.1 Å². The van der Waals surface area contributed by atoms with Crippen LogP contribution in [-0.2, 0) is 5.92 Å². The molecule has 0 heterocycles. The Morgan fingerprint density at radius 2 is 1.41 bits per heavy atom. The molecule has 1 saturated carbocycles. The normalized spacial score (nSPS) is 20.4. The quantitative estimate of drug-likeness (QED) is 0.254. The smallest absolute Gasteiger partial charge is 0.230 e. The molecule has 0 N–H and O–H groups in total. The number of halogens is 8. The lowest BCUT2D eigenvalue weighted by Gasteiger charge is -2.29. The zero-order valence-corrected chi connectivity index (χ0v) is 18.9. The topological polar surface area (TPSA) is 0 Å². The van der Waals surface area contributed by atoms with Crippen LogP contribution in [0.2, 0.25) is 0 Å². The fourth-order valence-electron chi connectivity index (χ4n) is 4.78. The van der Waals surface area contributed by atoms with E-state index in [1.165, 1.54) is 31.4 Å². The highest BCUT2D eigenvalue weighted by molar-refractivity contribution is 5.66. The van der Waals surface area contributed by atoms with E-state index >= 15 is 0 Å². The zero-order valence-electron chi connectivity index (χ0n) is 18.9. The minimum absolute atomic E-state index is 0.0328. The van der Waals surface area contributed by atoms with Crippen molar-refractivity contribution in [2.24, 2.45) is 5.92 Å². The maximum absolute atomic E-state index is 14.9. The van der Waals surface area contributed by atoms with Crippen LogP contribution >= 0.6 is 0 Å². The van der Waals surface area contributed by atoms with Crippen LogP contribution in [0.3, 0.4) is 0 Å². The summed E-state index contributed by atoms with van der Waals surface area (Å²) in [6, 6.07) is 5.33. The first-order valence-electron chi connectivity index (χ1n) is 11.6. The molecule has 1 aliphatic carbocycles. The second-order valence-corrected chi connectivity index (χ2v) is 9.18. The molecule has 1 atom stereocenters. The van der Waals surface area contributed by atoms with Gasteiger partial charge in [-0.15, -0.1) is 0 Å². The summed E-state index contributed by atoms with van der Waals surface area (Å²) in [4.78, 5) is 0. The van der Waals surface area contributed by atoms with Crippen LogP contribution in [0, 0.1) is 17.6 Å². The summed E-state index contributed by atoms with van der Waals surface area (Å²) < 4.78 is 108. The highest BCUT2D eigenvalue weighted by Gasteiger charge is 2.57. The van der Waals surface area contributed by atoms with Crippen LogP contribution in [0.5, 0.6) is 0 Å². The van der Waals surface area contributed by atoms with E-state index in [-0.39, 0.29) is 11.5 Å². The third-order valence-electron chi connectivity index (χ3n) is 6.76. The van der Waals surface area contributed by atoms with E-state index in [9.17, 15) is 35.1 Å². The van der Waals surface area contributed by atoms with Crippen LogP contribution in [0.15, 0.2) is 36.4 Å². The van der Waals surface area contributed by atoms with Gasteiger partial charge in [0.25, 0.3) is 6.17 Å². The van der Waals surface area contributed by atoms with Crippen molar-refractivity contribution in [3.05, 3.63) is 59.2 Å². The minimum atomic E-state index is -5.75. The number of rotatable bonds is 8. The average molecular weight is 492 g/mol. The van der Waals surface area contributed by atoms with E-state index in [4.69, 9.17) is 0 Å². The van der Waals surface area contributed by atoms with Gasteiger partial charge in [-0.05, 0) is 60.8 Å². The summed E-state index contributed by atoms with van der Waals surface area (Å²) in [6.45, 7) is 2.15. The van der Waals surface area contributed by atoms with Gasteiger partial charge in [-0.25, -0.2) is 13.2 Å². The molecule has 8 heteroatoms. The first-order chi connectivity index (χ1) is 15.9. The molecule has 188 valence electrons. The molecular weight excluding hydrogens is 464 g/mol. The molecule has 1 fully saturated rings. The maximum Gasteiger partial charge on any atom is 0.426 e. The van der Waals surface area contributed by atoms with E-state index in [1.54, 1.807) is 0 Å². The van der Waals surface area contributed by atoms with Crippen LogP contribution in [0.25, 0.3) is 11.1 Å². The van der Waals surface area contributed by atoms with Gasteiger partial charge in [-0.3, -0.25) is 0 Å². The van der Waals surface area contributed by atoms with Gasteiger partial charge >= 0.3 is 12.1 Å². The zero-order chi connectivity index (χ0) is 25.1. The van der Waals surface area contributed by atoms with Crippen molar-refractivity contribution in [2.75, 3.05) is 0 Å². The molecule has 2 aromatic rings. The first-order valence-corrected chi connectivity index (χ1v) is 11.6. The van der Waals surface area contributed by atoms with Crippen molar-refractivity contribution >= 4 is 0 Å². The molecule has 0 radical (unpaired) electrons. The van der Waals surface area contributed by atoms with Gasteiger partial charge in [-0.1, -0.05) is 56.9 Å². The highest BCUT2D eigenvalue weighted by atomic mass is 19.4. The van der Waals surface area contributed by atoms with E-state index < -0.39 is 41.0 Å². The van der Waals surface area contributed by atoms with Crippen molar-refractivity contribution in [2.45, 2.75) is 82.5 Å². The number of hydrogen-bond acceptors (Lipinski definition) is 0. The summed E-state index contributed by atoms with van der Waals surface area (Å²) >= 11 is 0. The van der Waals surface area contributed by atoms with Crippen molar-refractivity contribution in [1.29, 1.82) is 0 Å². The molecule has 3 rings (SSSR count). The molecule has 0 saturated heterocycles. The fourth-order valence-corrected chi connectivity index (χ4v) is 4.78. The van der Waals surface area contributed by atoms with E-state index in [0.29, 0.717) is 23.6 Å². The molecule has 0 aromatic heterocycles. The van der Waals surface area contributed by atoms with Gasteiger partial charge in [0.2, 0.25) is 0 Å². The predicted octanol–water partition coefficient (Wildman–Crippen LogP) is 9.48. The molecule has 34 heavy (non-hydrogen) atoms. The minimum Gasteiger partial charge on any atom is -0.230 e. The number of hydrogen-bond donors (Lipinski definition) is 0. The molecule has 0 spiro atoms. The Bertz CT molecular complexity index is 917. The van der Waals surface area contributed by atoms with Crippen molar-refractivity contribution < 1.29 is 35.1 Å². The summed E-state index contributed by atoms with van der Waals surface area (Å²) in [5.41, 5.74) is -1.27. The first kappa shape index (κ1) is 26.5. The van der Waals surface area contributed by atoms with Gasteiger partial charge in [0, 0.05) is 5.56 Å². The lowest BCUT2D eigenvalue weighted by Crippen LogP contribution is -2.39. The molecular formula is C26H28F8. The largest absolute Gasteiger partial charge is 0.426 e. The van der Waals surface area contributed by atoms with Crippen LogP contribution < -0.4 is 0 Å². The second-order valence-electron chi connectivity index (χ2n) is 9.18. The van der Waals surface area contributed by atoms with E-state index in [2.05, 4.69) is 6.92 Å². The fraction of sp³-hybridized carbons (Fsp3) is 0.538. The van der Waals surface area contributed by atoms with Gasteiger partial charge in [0.15, 0.2) is 0 Å². The summed E-state index contributed by atoms with van der Waals surface area (Å²) in [5, 5.41) is 0. The monoisotopic (exact) mass is 492 g/mol. The molecule has 0 amide bonds. The second kappa shape index (κ2) is 10.6. The van der Waals surface area contributed by atoms with Crippen molar-refractivity contribution in [3.63, 3.8) is 0 Å². The van der Waals surface area contributed by atoms with Crippen molar-refractivity contribution in [1.82, 2.24) is 0 Å². The van der Waals surface area contributed by atoms with Crippen LogP contribution in [-0.4, -0.2) is 12.3 Å². The lowest BCUT2D eigenvalue weighted by molar-refractivity contribution is -0.248. The molecule has 2 aromatic carbocycles. The molecule has 1 unspecified atom stereocenters. The highest BCUT2D eigenvalue weighted by Crippen LogP contribution is 2.43. The summed E-state index contributed by atoms with van der Waals surface area (Å²) in [5.74, 6) is -5.91. The lowest BCUT2D eigenvalue weighted by atomic mass is 9.77. The Balaban J connectivity index is 1.74. The molecule has 0 nitrogen and oxygen atoms in total. The van der Waals surface area contributed by atoms with Crippen LogP contribution in [0.1, 0.15) is 75.3 Å². The number of benzene rings is 2. The molecule has 0 bridgehead atoms. The summed E-state index contributed by atoms with van der Waals surface area (Å²) in [6.07, 6.45) is -1.73. The standard InChI is InChI=1S/C26H28F8/c1-2-3-4-5-16-6-8-17(9-7-16)19-14-21(27)23(22(28)15-19)18-10-12-20(13-11-18)25(30,31)24(29)26(32,33)34/h10-17,24H,2-9H2,1H3. The summed E-state index contributed by atoms with van der Waals surface area (Å²) in [7, 11) is 0. The van der Waals surface area contributed by atoms with E-state index in [1.807, 2.05) is 0 Å².